The Balaban J connectivity index is 4.33. The first-order valence-corrected chi connectivity index (χ1v) is 36.1. The fourth-order valence-corrected chi connectivity index (χ4v) is 10.5. The Morgan fingerprint density at radius 2 is 0.470 bits per heavy atom. The van der Waals surface area contributed by atoms with Gasteiger partial charge in [-0.3, -0.25) is 14.4 Å². The predicted molar refractivity (Wildman–Crippen MR) is 362 cm³/mol. The van der Waals surface area contributed by atoms with Crippen LogP contribution in [0.15, 0.2) is 85.1 Å². The maximum atomic E-state index is 13.0. The highest BCUT2D eigenvalue weighted by Crippen LogP contribution is 2.18. The monoisotopic (exact) mass is 1160 g/mol. The molecule has 0 saturated heterocycles. The van der Waals surface area contributed by atoms with E-state index in [-0.39, 0.29) is 31.1 Å². The highest BCUT2D eigenvalue weighted by molar-refractivity contribution is 5.71. The van der Waals surface area contributed by atoms with Gasteiger partial charge in [-0.15, -0.1) is 0 Å². The maximum Gasteiger partial charge on any atom is 0.306 e. The summed E-state index contributed by atoms with van der Waals surface area (Å²) in [6.45, 7) is 6.58. The third kappa shape index (κ3) is 69.3. The first kappa shape index (κ1) is 79.6. The van der Waals surface area contributed by atoms with Crippen molar-refractivity contribution in [1.29, 1.82) is 0 Å². The van der Waals surface area contributed by atoms with Crippen LogP contribution < -0.4 is 0 Å². The molecule has 0 aromatic carbocycles. The summed E-state index contributed by atoms with van der Waals surface area (Å²) in [5.41, 5.74) is 0. The molecule has 1 unspecified atom stereocenters. The lowest BCUT2D eigenvalue weighted by atomic mass is 10.0. The second kappa shape index (κ2) is 71.1. The normalized spacial score (nSPS) is 12.6. The summed E-state index contributed by atoms with van der Waals surface area (Å²) in [6, 6.07) is 0. The van der Waals surface area contributed by atoms with Gasteiger partial charge in [-0.25, -0.2) is 0 Å². The van der Waals surface area contributed by atoms with Crippen molar-refractivity contribution in [2.45, 2.75) is 374 Å². The zero-order chi connectivity index (χ0) is 59.9. The fraction of sp³-hybridized carbons (Fsp3) is 0.779. The van der Waals surface area contributed by atoms with Crippen LogP contribution in [0.2, 0.25) is 0 Å². The summed E-state index contributed by atoms with van der Waals surface area (Å²) in [4.78, 5) is 38.5. The number of unbranched alkanes of at least 4 members (excludes halogenated alkanes) is 41. The molecule has 0 bridgehead atoms. The largest absolute Gasteiger partial charge is 0.462 e. The molecular formula is C77H136O6. The summed E-state index contributed by atoms with van der Waals surface area (Å²) in [6.07, 6.45) is 94.6. The van der Waals surface area contributed by atoms with Crippen LogP contribution >= 0.6 is 0 Å². The number of ether oxygens (including phenoxy) is 3. The summed E-state index contributed by atoms with van der Waals surface area (Å²) < 4.78 is 17.0. The predicted octanol–water partition coefficient (Wildman–Crippen LogP) is 25.0. The van der Waals surface area contributed by atoms with E-state index in [4.69, 9.17) is 14.2 Å². The molecule has 0 N–H and O–H groups in total. The van der Waals surface area contributed by atoms with Crippen LogP contribution in [0, 0.1) is 0 Å². The van der Waals surface area contributed by atoms with Crippen LogP contribution in [0.3, 0.4) is 0 Å². The fourth-order valence-electron chi connectivity index (χ4n) is 10.5. The van der Waals surface area contributed by atoms with E-state index < -0.39 is 6.10 Å². The first-order valence-electron chi connectivity index (χ1n) is 36.1. The maximum absolute atomic E-state index is 13.0. The van der Waals surface area contributed by atoms with Gasteiger partial charge >= 0.3 is 17.9 Å². The summed E-state index contributed by atoms with van der Waals surface area (Å²) in [5.74, 6) is -0.861. The summed E-state index contributed by atoms with van der Waals surface area (Å²) in [5, 5.41) is 0. The van der Waals surface area contributed by atoms with Gasteiger partial charge in [-0.2, -0.15) is 0 Å². The first-order chi connectivity index (χ1) is 41.0. The minimum Gasteiger partial charge on any atom is -0.462 e. The third-order valence-corrected chi connectivity index (χ3v) is 15.9. The second-order valence-corrected chi connectivity index (χ2v) is 24.1. The lowest BCUT2D eigenvalue weighted by molar-refractivity contribution is -0.167. The van der Waals surface area contributed by atoms with E-state index in [1.807, 2.05) is 0 Å². The van der Waals surface area contributed by atoms with Gasteiger partial charge < -0.3 is 14.2 Å². The minimum atomic E-state index is -0.780. The minimum absolute atomic E-state index is 0.0742. The van der Waals surface area contributed by atoms with Crippen molar-refractivity contribution in [2.24, 2.45) is 0 Å². The highest BCUT2D eigenvalue weighted by atomic mass is 16.6. The van der Waals surface area contributed by atoms with Gasteiger partial charge in [0.25, 0.3) is 0 Å². The number of rotatable bonds is 66. The summed E-state index contributed by atoms with van der Waals surface area (Å²) in [7, 11) is 0. The molecular weight excluding hydrogens is 1020 g/mol. The van der Waals surface area contributed by atoms with Gasteiger partial charge in [-0.1, -0.05) is 356 Å². The van der Waals surface area contributed by atoms with Crippen molar-refractivity contribution < 1.29 is 28.6 Å². The van der Waals surface area contributed by atoms with Crippen molar-refractivity contribution in [3.05, 3.63) is 85.1 Å². The van der Waals surface area contributed by atoms with Crippen LogP contribution in [-0.4, -0.2) is 37.2 Å². The van der Waals surface area contributed by atoms with Gasteiger partial charge in [-0.05, 0) is 77.0 Å². The number of carbonyl (C=O) groups is 3. The molecule has 480 valence electrons. The lowest BCUT2D eigenvalue weighted by Gasteiger charge is -2.18. The molecule has 0 aliphatic rings. The summed E-state index contributed by atoms with van der Waals surface area (Å²) >= 11 is 0. The molecule has 0 amide bonds. The van der Waals surface area contributed by atoms with Crippen molar-refractivity contribution in [3.8, 4) is 0 Å². The molecule has 0 rings (SSSR count). The van der Waals surface area contributed by atoms with E-state index in [0.29, 0.717) is 19.3 Å². The number of esters is 3. The average molecular weight is 1160 g/mol. The van der Waals surface area contributed by atoms with Crippen LogP contribution in [0.5, 0.6) is 0 Å². The molecule has 0 radical (unpaired) electrons. The highest BCUT2D eigenvalue weighted by Gasteiger charge is 2.19. The van der Waals surface area contributed by atoms with Crippen molar-refractivity contribution in [3.63, 3.8) is 0 Å². The van der Waals surface area contributed by atoms with Crippen molar-refractivity contribution in [1.82, 2.24) is 0 Å². The van der Waals surface area contributed by atoms with Crippen LogP contribution in [0.25, 0.3) is 0 Å². The molecule has 0 saturated carbocycles. The Bertz CT molecular complexity index is 1570. The zero-order valence-corrected chi connectivity index (χ0v) is 55.2. The average Bonchev–Trinajstić information content (AvgIpc) is 3.50. The van der Waals surface area contributed by atoms with E-state index in [9.17, 15) is 14.4 Å². The van der Waals surface area contributed by atoms with E-state index in [1.165, 1.54) is 218 Å². The number of hydrogen-bond acceptors (Lipinski definition) is 6. The van der Waals surface area contributed by atoms with E-state index in [1.54, 1.807) is 0 Å². The molecule has 0 spiro atoms. The molecule has 0 fully saturated rings. The molecule has 0 aromatic heterocycles. The SMILES string of the molecule is CC/C=C\C/C=C\C/C=C\C/C=C\C/C=C\C/C=C\C/C=C\CCCCCCCCCC(=O)OCC(COC(=O)CCCCCCCCCCCCCCCCCC)OC(=O)CCCCCCCCCCCCCCCCCCCCCC. The second-order valence-electron chi connectivity index (χ2n) is 24.1. The standard InChI is InChI=1S/C77H136O6/c1-4-7-10-13-16-19-22-25-28-31-33-35-36-37-38-39-40-41-42-43-45-46-49-52-55-58-61-64-67-70-76(79)82-73-74(72-81-75(78)69-66-63-60-57-54-51-48-30-27-24-21-18-15-12-9-6-3)83-77(80)71-68-65-62-59-56-53-50-47-44-34-32-29-26-23-20-17-14-11-8-5-2/h7,10,16,19,25,28,33,35,37-38,40-41,43,45,74H,4-6,8-9,11-15,17-18,20-24,26-27,29-32,34,36,39,42,44,46-73H2,1-3H3/b10-7-,19-16-,28-25-,35-33-,38-37-,41-40-,45-43-. The van der Waals surface area contributed by atoms with Gasteiger partial charge in [0.15, 0.2) is 6.10 Å². The molecule has 6 heteroatoms. The quantitative estimate of drug-likeness (QED) is 0.0261. The van der Waals surface area contributed by atoms with E-state index in [2.05, 4.69) is 106 Å². The van der Waals surface area contributed by atoms with Crippen molar-refractivity contribution in [2.75, 3.05) is 13.2 Å². The van der Waals surface area contributed by atoms with Gasteiger partial charge in [0.2, 0.25) is 0 Å². The molecule has 0 heterocycles. The number of hydrogen-bond donors (Lipinski definition) is 0. The molecule has 0 aromatic rings. The van der Waals surface area contributed by atoms with Crippen molar-refractivity contribution >= 4 is 17.9 Å². The van der Waals surface area contributed by atoms with E-state index in [0.717, 1.165) is 109 Å². The Morgan fingerprint density at radius 3 is 0.735 bits per heavy atom. The van der Waals surface area contributed by atoms with Crippen LogP contribution in [0.4, 0.5) is 0 Å². The Hall–Kier alpha value is -3.41. The van der Waals surface area contributed by atoms with Gasteiger partial charge in [0.05, 0.1) is 0 Å². The topological polar surface area (TPSA) is 78.9 Å². The number of carbonyl (C=O) groups excluding carboxylic acids is 3. The molecule has 1 atom stereocenters. The molecule has 6 nitrogen and oxygen atoms in total. The Morgan fingerprint density at radius 1 is 0.253 bits per heavy atom. The lowest BCUT2D eigenvalue weighted by Crippen LogP contribution is -2.30. The molecule has 83 heavy (non-hydrogen) atoms. The van der Waals surface area contributed by atoms with E-state index >= 15 is 0 Å². The Kier molecular flexibility index (Phi) is 68.2. The Labute approximate surface area is 515 Å². The molecule has 0 aliphatic heterocycles. The van der Waals surface area contributed by atoms with Crippen LogP contribution in [0.1, 0.15) is 367 Å². The van der Waals surface area contributed by atoms with Gasteiger partial charge in [0, 0.05) is 19.3 Å². The number of allylic oxidation sites excluding steroid dienone is 14. The van der Waals surface area contributed by atoms with Gasteiger partial charge in [0.1, 0.15) is 13.2 Å². The van der Waals surface area contributed by atoms with Crippen LogP contribution in [-0.2, 0) is 28.6 Å². The molecule has 0 aliphatic carbocycles. The zero-order valence-electron chi connectivity index (χ0n) is 55.2. The third-order valence-electron chi connectivity index (χ3n) is 15.9. The smallest absolute Gasteiger partial charge is 0.306 e.